The van der Waals surface area contributed by atoms with Crippen LogP contribution in [-0.2, 0) is 6.54 Å². The fourth-order valence-electron chi connectivity index (χ4n) is 3.47. The number of benzene rings is 1. The highest BCUT2D eigenvalue weighted by Gasteiger charge is 2.21. The van der Waals surface area contributed by atoms with Gasteiger partial charge < -0.3 is 20.0 Å². The SMILES string of the molecule is CN=C(NCc1coc(-c2ccccc2)n1)NCC1CCCN(C(C)C)C1.I. The van der Waals surface area contributed by atoms with Crippen molar-refractivity contribution >= 4 is 29.9 Å². The first-order valence-corrected chi connectivity index (χ1v) is 9.84. The van der Waals surface area contributed by atoms with E-state index in [0.717, 1.165) is 30.3 Å². The van der Waals surface area contributed by atoms with E-state index in [9.17, 15) is 0 Å². The Bertz CT molecular complexity index is 731. The lowest BCUT2D eigenvalue weighted by Crippen LogP contribution is -2.46. The van der Waals surface area contributed by atoms with Gasteiger partial charge in [0.1, 0.15) is 6.26 Å². The molecule has 0 amide bonds. The lowest BCUT2D eigenvalue weighted by atomic mass is 9.97. The Morgan fingerprint density at radius 3 is 2.79 bits per heavy atom. The molecule has 1 atom stereocenters. The van der Waals surface area contributed by atoms with Crippen LogP contribution in [0.2, 0.25) is 0 Å². The lowest BCUT2D eigenvalue weighted by molar-refractivity contribution is 0.141. The Kier molecular flexibility index (Phi) is 9.24. The van der Waals surface area contributed by atoms with Gasteiger partial charge in [-0.1, -0.05) is 18.2 Å². The fraction of sp³-hybridized carbons (Fsp3) is 0.524. The van der Waals surface area contributed by atoms with Gasteiger partial charge in [-0.25, -0.2) is 4.98 Å². The molecule has 0 radical (unpaired) electrons. The van der Waals surface area contributed by atoms with Crippen LogP contribution >= 0.6 is 24.0 Å². The number of oxazole rings is 1. The van der Waals surface area contributed by atoms with Crippen molar-refractivity contribution in [2.24, 2.45) is 10.9 Å². The number of likely N-dealkylation sites (tertiary alicyclic amines) is 1. The van der Waals surface area contributed by atoms with Crippen molar-refractivity contribution in [3.05, 3.63) is 42.3 Å². The predicted molar refractivity (Wildman–Crippen MR) is 125 cm³/mol. The molecule has 28 heavy (non-hydrogen) atoms. The summed E-state index contributed by atoms with van der Waals surface area (Å²) in [6.45, 7) is 8.45. The molecule has 154 valence electrons. The van der Waals surface area contributed by atoms with Gasteiger partial charge in [0.2, 0.25) is 5.89 Å². The molecular formula is C21H32IN5O. The molecule has 1 aliphatic heterocycles. The second kappa shape index (κ2) is 11.4. The number of guanidine groups is 1. The van der Waals surface area contributed by atoms with E-state index < -0.39 is 0 Å². The van der Waals surface area contributed by atoms with Gasteiger partial charge in [0.05, 0.1) is 12.2 Å². The van der Waals surface area contributed by atoms with Crippen LogP contribution in [0.1, 0.15) is 32.4 Å². The molecule has 1 aliphatic rings. The summed E-state index contributed by atoms with van der Waals surface area (Å²) < 4.78 is 5.59. The second-order valence-electron chi connectivity index (χ2n) is 7.41. The molecule has 2 heterocycles. The van der Waals surface area contributed by atoms with Crippen molar-refractivity contribution in [1.29, 1.82) is 0 Å². The Balaban J connectivity index is 0.00000280. The van der Waals surface area contributed by atoms with Gasteiger partial charge in [0.25, 0.3) is 0 Å². The van der Waals surface area contributed by atoms with Gasteiger partial charge in [0.15, 0.2) is 5.96 Å². The Labute approximate surface area is 185 Å². The third-order valence-electron chi connectivity index (χ3n) is 5.07. The zero-order valence-corrected chi connectivity index (χ0v) is 19.3. The van der Waals surface area contributed by atoms with E-state index in [-0.39, 0.29) is 24.0 Å². The van der Waals surface area contributed by atoms with Crippen LogP contribution in [0, 0.1) is 5.92 Å². The minimum absolute atomic E-state index is 0. The molecule has 1 unspecified atom stereocenters. The average Bonchev–Trinajstić information content (AvgIpc) is 3.18. The van der Waals surface area contributed by atoms with Gasteiger partial charge in [0, 0.05) is 31.7 Å². The highest BCUT2D eigenvalue weighted by molar-refractivity contribution is 14.0. The van der Waals surface area contributed by atoms with Gasteiger partial charge in [-0.15, -0.1) is 24.0 Å². The van der Waals surface area contributed by atoms with Crippen molar-refractivity contribution in [1.82, 2.24) is 20.5 Å². The summed E-state index contributed by atoms with van der Waals surface area (Å²) >= 11 is 0. The summed E-state index contributed by atoms with van der Waals surface area (Å²) in [7, 11) is 1.80. The number of nitrogens with one attached hydrogen (secondary N) is 2. The van der Waals surface area contributed by atoms with Crippen LogP contribution in [0.15, 0.2) is 46.0 Å². The van der Waals surface area contributed by atoms with E-state index in [2.05, 4.69) is 39.4 Å². The summed E-state index contributed by atoms with van der Waals surface area (Å²) in [5, 5.41) is 6.79. The van der Waals surface area contributed by atoms with Crippen LogP contribution < -0.4 is 10.6 Å². The normalized spacial score (nSPS) is 18.0. The van der Waals surface area contributed by atoms with Crippen molar-refractivity contribution < 1.29 is 4.42 Å². The molecular weight excluding hydrogens is 465 g/mol. The molecule has 0 bridgehead atoms. The van der Waals surface area contributed by atoms with Gasteiger partial charge in [-0.05, 0) is 51.3 Å². The molecule has 2 N–H and O–H groups in total. The standard InChI is InChI=1S/C21H31N5O.HI/c1-16(2)26-11-7-8-17(14-26)12-23-21(22-3)24-13-19-15-27-20(25-19)18-9-5-4-6-10-18;/h4-6,9-10,15-17H,7-8,11-14H2,1-3H3,(H2,22,23,24);1H. The Morgan fingerprint density at radius 1 is 1.29 bits per heavy atom. The van der Waals surface area contributed by atoms with Crippen LogP contribution in [0.25, 0.3) is 11.5 Å². The van der Waals surface area contributed by atoms with E-state index in [4.69, 9.17) is 4.42 Å². The summed E-state index contributed by atoms with van der Waals surface area (Å²) in [5.74, 6) is 2.11. The van der Waals surface area contributed by atoms with E-state index in [1.807, 2.05) is 30.3 Å². The molecule has 0 aliphatic carbocycles. The molecule has 1 fully saturated rings. The van der Waals surface area contributed by atoms with Crippen LogP contribution in [0.4, 0.5) is 0 Å². The summed E-state index contributed by atoms with van der Waals surface area (Å²) in [6, 6.07) is 10.6. The zero-order chi connectivity index (χ0) is 19.1. The average molecular weight is 497 g/mol. The minimum atomic E-state index is 0. The first kappa shape index (κ1) is 22.7. The highest BCUT2D eigenvalue weighted by atomic mass is 127. The fourth-order valence-corrected chi connectivity index (χ4v) is 3.47. The summed E-state index contributed by atoms with van der Waals surface area (Å²) in [4.78, 5) is 11.4. The van der Waals surface area contributed by atoms with Gasteiger partial charge in [-0.2, -0.15) is 0 Å². The second-order valence-corrected chi connectivity index (χ2v) is 7.41. The van der Waals surface area contributed by atoms with E-state index >= 15 is 0 Å². The number of nitrogens with zero attached hydrogens (tertiary/aromatic N) is 3. The molecule has 1 aromatic carbocycles. The van der Waals surface area contributed by atoms with Gasteiger partial charge in [-0.3, -0.25) is 4.99 Å². The molecule has 7 heteroatoms. The first-order valence-electron chi connectivity index (χ1n) is 9.84. The number of hydrogen-bond donors (Lipinski definition) is 2. The number of hydrogen-bond acceptors (Lipinski definition) is 4. The molecule has 3 rings (SSSR count). The van der Waals surface area contributed by atoms with Crippen molar-refractivity contribution in [2.45, 2.75) is 39.3 Å². The molecule has 0 saturated carbocycles. The smallest absolute Gasteiger partial charge is 0.226 e. The third kappa shape index (κ3) is 6.48. The van der Waals surface area contributed by atoms with Gasteiger partial charge >= 0.3 is 0 Å². The van der Waals surface area contributed by atoms with E-state index in [0.29, 0.717) is 24.4 Å². The monoisotopic (exact) mass is 497 g/mol. The van der Waals surface area contributed by atoms with Crippen LogP contribution in [0.3, 0.4) is 0 Å². The number of aromatic nitrogens is 1. The molecule has 6 nitrogen and oxygen atoms in total. The number of piperidine rings is 1. The first-order chi connectivity index (χ1) is 13.2. The van der Waals surface area contributed by atoms with Crippen molar-refractivity contribution in [3.63, 3.8) is 0 Å². The van der Waals surface area contributed by atoms with Crippen LogP contribution in [0.5, 0.6) is 0 Å². The molecule has 0 spiro atoms. The predicted octanol–water partition coefficient (Wildman–Crippen LogP) is 3.75. The van der Waals surface area contributed by atoms with E-state index in [1.54, 1.807) is 13.3 Å². The quantitative estimate of drug-likeness (QED) is 0.362. The van der Waals surface area contributed by atoms with Crippen molar-refractivity contribution in [3.8, 4) is 11.5 Å². The van der Waals surface area contributed by atoms with Crippen LogP contribution in [-0.4, -0.2) is 48.6 Å². The molecule has 2 aromatic rings. The summed E-state index contributed by atoms with van der Waals surface area (Å²) in [6.07, 6.45) is 4.25. The maximum absolute atomic E-state index is 5.59. The lowest BCUT2D eigenvalue weighted by Gasteiger charge is -2.35. The topological polar surface area (TPSA) is 65.7 Å². The number of aliphatic imine (C=N–C) groups is 1. The number of halogens is 1. The Hall–Kier alpha value is -1.61. The molecule has 1 aromatic heterocycles. The largest absolute Gasteiger partial charge is 0.444 e. The van der Waals surface area contributed by atoms with Crippen molar-refractivity contribution in [2.75, 3.05) is 26.7 Å². The minimum Gasteiger partial charge on any atom is -0.444 e. The molecule has 1 saturated heterocycles. The third-order valence-corrected chi connectivity index (χ3v) is 5.07. The van der Waals surface area contributed by atoms with E-state index in [1.165, 1.54) is 19.4 Å². The zero-order valence-electron chi connectivity index (χ0n) is 17.0. The number of rotatable bonds is 6. The highest BCUT2D eigenvalue weighted by Crippen LogP contribution is 2.18. The maximum Gasteiger partial charge on any atom is 0.226 e. The summed E-state index contributed by atoms with van der Waals surface area (Å²) in [5.41, 5.74) is 1.85. The maximum atomic E-state index is 5.59. The Morgan fingerprint density at radius 2 is 2.07 bits per heavy atom.